The Bertz CT molecular complexity index is 748. The average Bonchev–Trinajstić information content (AvgIpc) is 2.91. The average molecular weight is 384 g/mol. The van der Waals surface area contributed by atoms with Gasteiger partial charge in [-0.1, -0.05) is 26.0 Å². The van der Waals surface area contributed by atoms with Crippen LogP contribution in [0.15, 0.2) is 48.8 Å². The number of rotatable bonds is 6. The number of benzene rings is 1. The van der Waals surface area contributed by atoms with E-state index in [0.717, 1.165) is 50.1 Å². The van der Waals surface area contributed by atoms with Crippen LogP contribution in [0.25, 0.3) is 0 Å². The second kappa shape index (κ2) is 9.78. The standard InChI is InChI=1S/C23H30FN3O/c1-18(2)22-17-27(23(28)9-6-19-10-12-25-13-11-19)15-3-14-26(22)16-20-4-7-21(24)8-5-20/h4-5,7-8,10-13,18,22H,3,6,9,14-17H2,1-2H3/t22-/m1/s1. The molecule has 28 heavy (non-hydrogen) atoms. The summed E-state index contributed by atoms with van der Waals surface area (Å²) in [4.78, 5) is 21.4. The Labute approximate surface area is 167 Å². The number of aromatic nitrogens is 1. The molecule has 1 fully saturated rings. The number of carbonyl (C=O) groups is 1. The van der Waals surface area contributed by atoms with Crippen molar-refractivity contribution in [3.8, 4) is 0 Å². The third-order valence-corrected chi connectivity index (χ3v) is 5.55. The number of halogens is 1. The molecule has 0 radical (unpaired) electrons. The monoisotopic (exact) mass is 383 g/mol. The molecule has 3 rings (SSSR count). The smallest absolute Gasteiger partial charge is 0.222 e. The molecule has 0 saturated carbocycles. The van der Waals surface area contributed by atoms with E-state index >= 15 is 0 Å². The summed E-state index contributed by atoms with van der Waals surface area (Å²) in [5.41, 5.74) is 2.26. The van der Waals surface area contributed by atoms with Gasteiger partial charge < -0.3 is 4.90 Å². The van der Waals surface area contributed by atoms with Crippen molar-refractivity contribution in [1.29, 1.82) is 0 Å². The third-order valence-electron chi connectivity index (χ3n) is 5.55. The molecule has 5 heteroatoms. The zero-order chi connectivity index (χ0) is 19.9. The molecule has 150 valence electrons. The molecule has 0 spiro atoms. The van der Waals surface area contributed by atoms with E-state index in [0.29, 0.717) is 18.4 Å². The summed E-state index contributed by atoms with van der Waals surface area (Å²) in [6.07, 6.45) is 5.80. The van der Waals surface area contributed by atoms with Crippen molar-refractivity contribution >= 4 is 5.91 Å². The van der Waals surface area contributed by atoms with Gasteiger partial charge in [-0.2, -0.15) is 0 Å². The largest absolute Gasteiger partial charge is 0.341 e. The lowest BCUT2D eigenvalue weighted by Crippen LogP contribution is -2.45. The second-order valence-electron chi connectivity index (χ2n) is 7.96. The van der Waals surface area contributed by atoms with Crippen molar-refractivity contribution < 1.29 is 9.18 Å². The normalized spacial score (nSPS) is 18.3. The van der Waals surface area contributed by atoms with Crippen LogP contribution in [0.5, 0.6) is 0 Å². The van der Waals surface area contributed by atoms with Gasteiger partial charge >= 0.3 is 0 Å². The molecule has 0 N–H and O–H groups in total. The van der Waals surface area contributed by atoms with Crippen LogP contribution < -0.4 is 0 Å². The van der Waals surface area contributed by atoms with Crippen LogP contribution in [0, 0.1) is 11.7 Å². The van der Waals surface area contributed by atoms with Gasteiger partial charge in [0.2, 0.25) is 5.91 Å². The number of hydrogen-bond acceptors (Lipinski definition) is 3. The number of amides is 1. The molecule has 2 aromatic rings. The highest BCUT2D eigenvalue weighted by Gasteiger charge is 2.29. The van der Waals surface area contributed by atoms with Gasteiger partial charge in [0.1, 0.15) is 5.82 Å². The zero-order valence-corrected chi connectivity index (χ0v) is 16.9. The molecule has 1 aliphatic heterocycles. The molecule has 1 atom stereocenters. The van der Waals surface area contributed by atoms with Crippen molar-refractivity contribution in [3.63, 3.8) is 0 Å². The Kier molecular flexibility index (Phi) is 7.15. The number of carbonyl (C=O) groups excluding carboxylic acids is 1. The maximum atomic E-state index is 13.2. The first-order valence-electron chi connectivity index (χ1n) is 10.2. The van der Waals surface area contributed by atoms with Crippen LogP contribution in [-0.2, 0) is 17.8 Å². The van der Waals surface area contributed by atoms with Gasteiger partial charge in [0.15, 0.2) is 0 Å². The van der Waals surface area contributed by atoms with Crippen LogP contribution in [0.2, 0.25) is 0 Å². The fourth-order valence-electron chi connectivity index (χ4n) is 3.90. The van der Waals surface area contributed by atoms with Gasteiger partial charge in [0, 0.05) is 51.0 Å². The first kappa shape index (κ1) is 20.5. The van der Waals surface area contributed by atoms with Crippen LogP contribution in [-0.4, -0.2) is 46.4 Å². The van der Waals surface area contributed by atoms with Crippen LogP contribution >= 0.6 is 0 Å². The van der Waals surface area contributed by atoms with E-state index in [4.69, 9.17) is 0 Å². The van der Waals surface area contributed by atoms with Crippen molar-refractivity contribution in [2.45, 2.75) is 45.7 Å². The summed E-state index contributed by atoms with van der Waals surface area (Å²) in [5, 5.41) is 0. The molecular formula is C23H30FN3O. The SMILES string of the molecule is CC(C)[C@H]1CN(C(=O)CCc2ccncc2)CCCN1Cc1ccc(F)cc1. The maximum Gasteiger partial charge on any atom is 0.222 e. The lowest BCUT2D eigenvalue weighted by Gasteiger charge is -2.34. The van der Waals surface area contributed by atoms with E-state index < -0.39 is 0 Å². The minimum Gasteiger partial charge on any atom is -0.341 e. The Hall–Kier alpha value is -2.27. The van der Waals surface area contributed by atoms with Crippen molar-refractivity contribution in [1.82, 2.24) is 14.8 Å². The molecule has 1 aliphatic rings. The van der Waals surface area contributed by atoms with Crippen molar-refractivity contribution in [3.05, 3.63) is 65.7 Å². The molecular weight excluding hydrogens is 353 g/mol. The molecule has 0 bridgehead atoms. The summed E-state index contributed by atoms with van der Waals surface area (Å²) >= 11 is 0. The van der Waals surface area contributed by atoms with E-state index in [-0.39, 0.29) is 11.7 Å². The van der Waals surface area contributed by atoms with E-state index in [2.05, 4.69) is 23.7 Å². The number of pyridine rings is 1. The van der Waals surface area contributed by atoms with Crippen LogP contribution in [0.1, 0.15) is 37.8 Å². The van der Waals surface area contributed by atoms with Gasteiger partial charge in [-0.25, -0.2) is 4.39 Å². The summed E-state index contributed by atoms with van der Waals surface area (Å²) in [5.74, 6) is 0.464. The predicted molar refractivity (Wildman–Crippen MR) is 109 cm³/mol. The highest BCUT2D eigenvalue weighted by Crippen LogP contribution is 2.21. The lowest BCUT2D eigenvalue weighted by atomic mass is 10.0. The van der Waals surface area contributed by atoms with Gasteiger partial charge in [-0.05, 0) is 54.2 Å². The number of nitrogens with zero attached hydrogens (tertiary/aromatic N) is 3. The van der Waals surface area contributed by atoms with Gasteiger partial charge in [0.05, 0.1) is 0 Å². The maximum absolute atomic E-state index is 13.2. The summed E-state index contributed by atoms with van der Waals surface area (Å²) in [7, 11) is 0. The van der Waals surface area contributed by atoms with Gasteiger partial charge in [-0.15, -0.1) is 0 Å². The minimum atomic E-state index is -0.203. The topological polar surface area (TPSA) is 36.4 Å². The highest BCUT2D eigenvalue weighted by molar-refractivity contribution is 5.76. The number of hydrogen-bond donors (Lipinski definition) is 0. The van der Waals surface area contributed by atoms with E-state index in [9.17, 15) is 9.18 Å². The van der Waals surface area contributed by atoms with E-state index in [1.807, 2.05) is 29.2 Å². The second-order valence-corrected chi connectivity index (χ2v) is 7.96. The Morgan fingerprint density at radius 2 is 1.82 bits per heavy atom. The fraction of sp³-hybridized carbons (Fsp3) is 0.478. The molecule has 1 saturated heterocycles. The van der Waals surface area contributed by atoms with Crippen molar-refractivity contribution in [2.24, 2.45) is 5.92 Å². The highest BCUT2D eigenvalue weighted by atomic mass is 19.1. The van der Waals surface area contributed by atoms with Crippen molar-refractivity contribution in [2.75, 3.05) is 19.6 Å². The third kappa shape index (κ3) is 5.61. The minimum absolute atomic E-state index is 0.203. The summed E-state index contributed by atoms with van der Waals surface area (Å²) < 4.78 is 13.2. The Morgan fingerprint density at radius 1 is 1.11 bits per heavy atom. The zero-order valence-electron chi connectivity index (χ0n) is 16.9. The Morgan fingerprint density at radius 3 is 2.50 bits per heavy atom. The molecule has 4 nitrogen and oxygen atoms in total. The van der Waals surface area contributed by atoms with Gasteiger partial charge in [0.25, 0.3) is 0 Å². The van der Waals surface area contributed by atoms with Crippen LogP contribution in [0.4, 0.5) is 4.39 Å². The molecule has 1 amide bonds. The molecule has 1 aromatic carbocycles. The van der Waals surface area contributed by atoms with Gasteiger partial charge in [-0.3, -0.25) is 14.7 Å². The summed E-state index contributed by atoms with van der Waals surface area (Å²) in [6.45, 7) is 7.74. The fourth-order valence-corrected chi connectivity index (χ4v) is 3.90. The predicted octanol–water partition coefficient (Wildman–Crippen LogP) is 3.91. The molecule has 0 unspecified atom stereocenters. The molecule has 2 heterocycles. The first-order chi connectivity index (χ1) is 13.5. The van der Waals surface area contributed by atoms with Crippen LogP contribution in [0.3, 0.4) is 0 Å². The molecule has 0 aliphatic carbocycles. The summed E-state index contributed by atoms with van der Waals surface area (Å²) in [6, 6.07) is 11.0. The first-order valence-corrected chi connectivity index (χ1v) is 10.2. The lowest BCUT2D eigenvalue weighted by molar-refractivity contribution is -0.131. The molecule has 1 aromatic heterocycles. The quantitative estimate of drug-likeness (QED) is 0.759. The van der Waals surface area contributed by atoms with E-state index in [1.54, 1.807) is 12.4 Å². The number of aryl methyl sites for hydroxylation is 1. The van der Waals surface area contributed by atoms with E-state index in [1.165, 1.54) is 12.1 Å². The Balaban J connectivity index is 1.62.